The van der Waals surface area contributed by atoms with E-state index in [9.17, 15) is 8.42 Å². The van der Waals surface area contributed by atoms with Crippen molar-refractivity contribution in [2.24, 2.45) is 5.41 Å². The zero-order valence-electron chi connectivity index (χ0n) is 18.0. The van der Waals surface area contributed by atoms with E-state index in [1.165, 1.54) is 0 Å². The molecule has 0 bridgehead atoms. The summed E-state index contributed by atoms with van der Waals surface area (Å²) in [4.78, 5) is 0. The number of hydrogen-bond donors (Lipinski definition) is 0. The number of benzene rings is 1. The van der Waals surface area contributed by atoms with E-state index in [-0.39, 0.29) is 28.9 Å². The first-order valence-electron chi connectivity index (χ1n) is 10.1. The minimum absolute atomic E-state index is 0.0597. The molecular formula is C22H38O4S. The topological polar surface area (TPSA) is 52.6 Å². The Labute approximate surface area is 166 Å². The van der Waals surface area contributed by atoms with Crippen molar-refractivity contribution in [3.05, 3.63) is 29.8 Å². The molecule has 0 aliphatic rings. The van der Waals surface area contributed by atoms with Crippen molar-refractivity contribution in [3.63, 3.8) is 0 Å². The van der Waals surface area contributed by atoms with Gasteiger partial charge in [0.2, 0.25) is 0 Å². The number of rotatable bonds is 12. The van der Waals surface area contributed by atoms with Gasteiger partial charge in [0, 0.05) is 6.61 Å². The number of hydrogen-bond acceptors (Lipinski definition) is 4. The van der Waals surface area contributed by atoms with Gasteiger partial charge < -0.3 is 9.47 Å². The average Bonchev–Trinajstić information content (AvgIpc) is 2.53. The first kappa shape index (κ1) is 24.0. The van der Waals surface area contributed by atoms with Gasteiger partial charge in [-0.1, -0.05) is 53.2 Å². The fraction of sp³-hybridized carbons (Fsp3) is 0.727. The molecule has 1 rings (SSSR count). The van der Waals surface area contributed by atoms with Crippen molar-refractivity contribution in [3.8, 4) is 5.75 Å². The fourth-order valence-electron chi connectivity index (χ4n) is 2.91. The lowest BCUT2D eigenvalue weighted by Crippen LogP contribution is -2.19. The summed E-state index contributed by atoms with van der Waals surface area (Å²) in [6.45, 7) is 13.6. The van der Waals surface area contributed by atoms with Crippen molar-refractivity contribution in [1.29, 1.82) is 0 Å². The summed E-state index contributed by atoms with van der Waals surface area (Å²) >= 11 is 0. The Morgan fingerprint density at radius 1 is 1.15 bits per heavy atom. The van der Waals surface area contributed by atoms with E-state index in [1.54, 1.807) is 0 Å². The van der Waals surface area contributed by atoms with Crippen LogP contribution in [0.3, 0.4) is 0 Å². The van der Waals surface area contributed by atoms with E-state index in [0.717, 1.165) is 24.2 Å². The van der Waals surface area contributed by atoms with E-state index >= 15 is 0 Å². The first-order valence-corrected chi connectivity index (χ1v) is 11.9. The second-order valence-electron chi connectivity index (χ2n) is 8.77. The molecule has 2 atom stereocenters. The van der Waals surface area contributed by atoms with Crippen molar-refractivity contribution < 1.29 is 17.9 Å². The van der Waals surface area contributed by atoms with Crippen LogP contribution in [-0.4, -0.2) is 39.2 Å². The molecule has 0 aromatic heterocycles. The van der Waals surface area contributed by atoms with Crippen LogP contribution in [0.5, 0.6) is 5.75 Å². The van der Waals surface area contributed by atoms with Crippen LogP contribution in [0.25, 0.3) is 0 Å². The van der Waals surface area contributed by atoms with Crippen molar-refractivity contribution in [2.45, 2.75) is 72.8 Å². The van der Waals surface area contributed by atoms with Crippen LogP contribution >= 0.6 is 0 Å². The van der Waals surface area contributed by atoms with Gasteiger partial charge in [0.25, 0.3) is 0 Å². The lowest BCUT2D eigenvalue weighted by molar-refractivity contribution is 0.0720. The SMILES string of the molecule is CCC[C@H](C)Oc1cccc([C@@H](C)CS(=O)(=O)CCCOCC(C)(C)C)c1. The van der Waals surface area contributed by atoms with Crippen LogP contribution in [-0.2, 0) is 14.6 Å². The Balaban J connectivity index is 2.52. The second kappa shape index (κ2) is 11.1. The molecule has 0 unspecified atom stereocenters. The predicted molar refractivity (Wildman–Crippen MR) is 113 cm³/mol. The molecule has 5 heteroatoms. The normalized spacial score (nSPS) is 14.7. The van der Waals surface area contributed by atoms with E-state index in [2.05, 4.69) is 34.6 Å². The maximum absolute atomic E-state index is 12.4. The molecule has 1 aromatic rings. The maximum Gasteiger partial charge on any atom is 0.150 e. The summed E-state index contributed by atoms with van der Waals surface area (Å²) in [5.41, 5.74) is 1.11. The van der Waals surface area contributed by atoms with Crippen LogP contribution in [0, 0.1) is 5.41 Å². The van der Waals surface area contributed by atoms with Crippen LogP contribution in [0.2, 0.25) is 0 Å². The maximum atomic E-state index is 12.4. The molecule has 0 fully saturated rings. The Kier molecular flexibility index (Phi) is 9.82. The molecule has 0 heterocycles. The molecule has 1 aromatic carbocycles. The summed E-state index contributed by atoms with van der Waals surface area (Å²) in [5.74, 6) is 1.08. The second-order valence-corrected chi connectivity index (χ2v) is 11.0. The van der Waals surface area contributed by atoms with Gasteiger partial charge in [-0.2, -0.15) is 0 Å². The minimum atomic E-state index is -3.11. The van der Waals surface area contributed by atoms with Crippen molar-refractivity contribution in [2.75, 3.05) is 24.7 Å². The highest BCUT2D eigenvalue weighted by Crippen LogP contribution is 2.24. The molecule has 0 N–H and O–H groups in total. The van der Waals surface area contributed by atoms with E-state index in [0.29, 0.717) is 19.6 Å². The highest BCUT2D eigenvalue weighted by Gasteiger charge is 2.18. The average molecular weight is 399 g/mol. The summed E-state index contributed by atoms with van der Waals surface area (Å²) in [5, 5.41) is 0. The number of sulfone groups is 1. The quantitative estimate of drug-likeness (QED) is 0.453. The van der Waals surface area contributed by atoms with Crippen LogP contribution in [0.1, 0.15) is 72.3 Å². The molecule has 4 nitrogen and oxygen atoms in total. The minimum Gasteiger partial charge on any atom is -0.491 e. The van der Waals surface area contributed by atoms with Gasteiger partial charge in [-0.25, -0.2) is 8.42 Å². The third kappa shape index (κ3) is 10.7. The van der Waals surface area contributed by atoms with Gasteiger partial charge in [0.1, 0.15) is 5.75 Å². The summed E-state index contributed by atoms with van der Waals surface area (Å²) in [7, 11) is -3.11. The lowest BCUT2D eigenvalue weighted by Gasteiger charge is -2.18. The van der Waals surface area contributed by atoms with Crippen molar-refractivity contribution >= 4 is 9.84 Å². The summed E-state index contributed by atoms with van der Waals surface area (Å²) < 4.78 is 36.4. The Morgan fingerprint density at radius 3 is 2.48 bits per heavy atom. The number of ether oxygens (including phenoxy) is 2. The Bertz CT molecular complexity index is 647. The van der Waals surface area contributed by atoms with E-state index in [1.807, 2.05) is 31.2 Å². The molecule has 0 spiro atoms. The predicted octanol–water partition coefficient (Wildman–Crippen LogP) is 5.23. The molecule has 0 saturated heterocycles. The molecule has 0 aliphatic heterocycles. The van der Waals surface area contributed by atoms with Gasteiger partial charge in [-0.3, -0.25) is 0 Å². The highest BCUT2D eigenvalue weighted by atomic mass is 32.2. The van der Waals surface area contributed by atoms with E-state index < -0.39 is 9.84 Å². The third-order valence-electron chi connectivity index (χ3n) is 4.24. The first-order chi connectivity index (χ1) is 12.5. The fourth-order valence-corrected chi connectivity index (χ4v) is 4.59. The highest BCUT2D eigenvalue weighted by molar-refractivity contribution is 7.91. The largest absolute Gasteiger partial charge is 0.491 e. The summed E-state index contributed by atoms with van der Waals surface area (Å²) in [6, 6.07) is 7.82. The molecule has 0 amide bonds. The van der Waals surface area contributed by atoms with Gasteiger partial charge in [-0.15, -0.1) is 0 Å². The molecule has 0 aliphatic carbocycles. The zero-order valence-corrected chi connectivity index (χ0v) is 18.8. The molecular weight excluding hydrogens is 360 g/mol. The van der Waals surface area contributed by atoms with Gasteiger partial charge in [0.05, 0.1) is 24.2 Å². The Hall–Kier alpha value is -1.07. The monoisotopic (exact) mass is 398 g/mol. The molecule has 27 heavy (non-hydrogen) atoms. The van der Waals surface area contributed by atoms with Crippen LogP contribution < -0.4 is 4.74 Å². The summed E-state index contributed by atoms with van der Waals surface area (Å²) in [6.07, 6.45) is 2.79. The smallest absolute Gasteiger partial charge is 0.150 e. The third-order valence-corrected chi connectivity index (χ3v) is 6.16. The van der Waals surface area contributed by atoms with Crippen LogP contribution in [0.4, 0.5) is 0 Å². The van der Waals surface area contributed by atoms with Gasteiger partial charge in [0.15, 0.2) is 9.84 Å². The van der Waals surface area contributed by atoms with E-state index in [4.69, 9.17) is 9.47 Å². The van der Waals surface area contributed by atoms with Crippen molar-refractivity contribution in [1.82, 2.24) is 0 Å². The zero-order chi connectivity index (χ0) is 20.5. The van der Waals surface area contributed by atoms with Gasteiger partial charge in [-0.05, 0) is 48.8 Å². The molecule has 0 saturated carbocycles. The van der Waals surface area contributed by atoms with Crippen LogP contribution in [0.15, 0.2) is 24.3 Å². The standard InChI is InChI=1S/C22H38O4S/c1-7-10-19(3)26-21-12-8-11-20(15-21)18(2)16-27(23,24)14-9-13-25-17-22(4,5)6/h8,11-12,15,18-19H,7,9-10,13-14,16-17H2,1-6H3/t18-,19-/m0/s1. The molecule has 156 valence electrons. The van der Waals surface area contributed by atoms with Gasteiger partial charge >= 0.3 is 0 Å². The molecule has 0 radical (unpaired) electrons. The lowest BCUT2D eigenvalue weighted by atomic mass is 9.99. The Morgan fingerprint density at radius 2 is 1.85 bits per heavy atom.